The highest BCUT2D eigenvalue weighted by atomic mass is 32.2. The van der Waals surface area contributed by atoms with Crippen molar-refractivity contribution >= 4 is 21.8 Å². The Hall–Kier alpha value is -1.93. The van der Waals surface area contributed by atoms with Gasteiger partial charge in [0.15, 0.2) is 0 Å². The van der Waals surface area contributed by atoms with E-state index >= 15 is 0 Å². The van der Waals surface area contributed by atoms with Crippen molar-refractivity contribution in [1.82, 2.24) is 14.5 Å². The van der Waals surface area contributed by atoms with Crippen LogP contribution < -0.4 is 5.32 Å². The van der Waals surface area contributed by atoms with Crippen LogP contribution in [0.4, 0.5) is 0 Å². The third-order valence-corrected chi connectivity index (χ3v) is 6.64. The summed E-state index contributed by atoms with van der Waals surface area (Å²) in [6.45, 7) is 4.40. The van der Waals surface area contributed by atoms with Crippen molar-refractivity contribution in [3.8, 4) is 0 Å². The molecule has 0 saturated carbocycles. The van der Waals surface area contributed by atoms with Gasteiger partial charge in [0.25, 0.3) is 0 Å². The number of nitrogens with zero attached hydrogens (tertiary/aromatic N) is 2. The molecule has 1 saturated heterocycles. The summed E-state index contributed by atoms with van der Waals surface area (Å²) in [6.07, 6.45) is 2.71. The van der Waals surface area contributed by atoms with Crippen LogP contribution in [0.2, 0.25) is 0 Å². The van der Waals surface area contributed by atoms with Crippen LogP contribution in [0.25, 0.3) is 0 Å². The third-order valence-electron chi connectivity index (χ3n) is 4.81. The molecule has 2 atom stereocenters. The maximum Gasteiger partial charge on any atom is 0.312 e. The van der Waals surface area contributed by atoms with Crippen molar-refractivity contribution in [2.75, 3.05) is 20.6 Å². The van der Waals surface area contributed by atoms with Gasteiger partial charge in [-0.3, -0.25) is 9.59 Å². The predicted octanol–water partition coefficient (Wildman–Crippen LogP) is 1.52. The molecule has 0 bridgehead atoms. The number of carbonyl (C=O) groups excluding carboxylic acids is 2. The maximum absolute atomic E-state index is 12.4. The van der Waals surface area contributed by atoms with Gasteiger partial charge in [-0.1, -0.05) is 19.1 Å². The maximum atomic E-state index is 12.4. The molecule has 0 spiro atoms. The van der Waals surface area contributed by atoms with Gasteiger partial charge in [0.1, 0.15) is 0 Å². The molecule has 1 aliphatic heterocycles. The molecular weight excluding hydrogens is 354 g/mol. The van der Waals surface area contributed by atoms with E-state index in [1.807, 2.05) is 6.92 Å². The average Bonchev–Trinajstić information content (AvgIpc) is 3.09. The fourth-order valence-corrected chi connectivity index (χ4v) is 4.04. The van der Waals surface area contributed by atoms with E-state index in [1.165, 1.54) is 26.2 Å². The fourth-order valence-electron chi connectivity index (χ4n) is 3.14. The Morgan fingerprint density at radius 2 is 1.88 bits per heavy atom. The van der Waals surface area contributed by atoms with E-state index in [9.17, 15) is 18.0 Å². The third kappa shape index (κ3) is 4.24. The second kappa shape index (κ2) is 8.18. The molecule has 8 heteroatoms. The molecule has 26 heavy (non-hydrogen) atoms. The number of carbonyl (C=O) groups is 2. The molecule has 1 fully saturated rings. The predicted molar refractivity (Wildman–Crippen MR) is 98.9 cm³/mol. The summed E-state index contributed by atoms with van der Waals surface area (Å²) in [5, 5.41) is 2.71. The van der Waals surface area contributed by atoms with Gasteiger partial charge in [-0.25, -0.2) is 12.7 Å². The lowest BCUT2D eigenvalue weighted by atomic mass is 10.1. The highest BCUT2D eigenvalue weighted by molar-refractivity contribution is 7.89. The zero-order valence-electron chi connectivity index (χ0n) is 15.7. The molecule has 144 valence electrons. The molecule has 0 aromatic heterocycles. The van der Waals surface area contributed by atoms with E-state index in [2.05, 4.69) is 5.32 Å². The zero-order chi connectivity index (χ0) is 19.5. The molecule has 2 rings (SSSR count). The van der Waals surface area contributed by atoms with Gasteiger partial charge in [0, 0.05) is 26.7 Å². The van der Waals surface area contributed by atoms with Crippen LogP contribution in [0.1, 0.15) is 44.7 Å². The quantitative estimate of drug-likeness (QED) is 0.784. The van der Waals surface area contributed by atoms with Gasteiger partial charge in [0.05, 0.1) is 10.9 Å². The molecule has 1 aliphatic rings. The number of benzene rings is 1. The molecule has 1 aromatic carbocycles. The Bertz CT molecular complexity index is 759. The minimum absolute atomic E-state index is 0.138. The van der Waals surface area contributed by atoms with Crippen LogP contribution in [0.3, 0.4) is 0 Å². The number of hydrogen-bond donors (Lipinski definition) is 1. The first-order chi connectivity index (χ1) is 12.2. The summed E-state index contributed by atoms with van der Waals surface area (Å²) >= 11 is 0. The Morgan fingerprint density at radius 3 is 2.42 bits per heavy atom. The highest BCUT2D eigenvalue weighted by Gasteiger charge is 2.31. The minimum atomic E-state index is -3.49. The Morgan fingerprint density at radius 1 is 1.27 bits per heavy atom. The van der Waals surface area contributed by atoms with E-state index < -0.39 is 27.9 Å². The Kier molecular flexibility index (Phi) is 6.41. The van der Waals surface area contributed by atoms with Gasteiger partial charge in [-0.15, -0.1) is 0 Å². The summed E-state index contributed by atoms with van der Waals surface area (Å²) < 4.78 is 25.3. The lowest BCUT2D eigenvalue weighted by Crippen LogP contribution is -2.45. The second-order valence-electron chi connectivity index (χ2n) is 6.75. The lowest BCUT2D eigenvalue weighted by molar-refractivity contribution is -0.146. The molecule has 1 N–H and O–H groups in total. The second-order valence-corrected chi connectivity index (χ2v) is 8.91. The van der Waals surface area contributed by atoms with E-state index in [0.717, 1.165) is 29.1 Å². The Labute approximate surface area is 155 Å². The Balaban J connectivity index is 2.04. The molecule has 1 heterocycles. The molecular formula is C18H27N3O4S. The molecule has 1 aromatic rings. The highest BCUT2D eigenvalue weighted by Crippen LogP contribution is 2.21. The van der Waals surface area contributed by atoms with Gasteiger partial charge >= 0.3 is 11.8 Å². The summed E-state index contributed by atoms with van der Waals surface area (Å²) in [7, 11) is -0.547. The topological polar surface area (TPSA) is 86.8 Å². The first-order valence-electron chi connectivity index (χ1n) is 8.82. The molecule has 0 aliphatic carbocycles. The molecule has 0 unspecified atom stereocenters. The minimum Gasteiger partial charge on any atom is -0.341 e. The van der Waals surface area contributed by atoms with Crippen molar-refractivity contribution in [1.29, 1.82) is 0 Å². The van der Waals surface area contributed by atoms with Gasteiger partial charge in [0.2, 0.25) is 10.0 Å². The van der Waals surface area contributed by atoms with Crippen LogP contribution in [0, 0.1) is 0 Å². The number of amides is 2. The van der Waals surface area contributed by atoms with Crippen molar-refractivity contribution in [3.63, 3.8) is 0 Å². The summed E-state index contributed by atoms with van der Waals surface area (Å²) in [5.41, 5.74) is 0.734. The number of nitrogens with one attached hydrogen (secondary N) is 1. The lowest BCUT2D eigenvalue weighted by Gasteiger charge is -2.24. The van der Waals surface area contributed by atoms with Crippen LogP contribution in [-0.4, -0.2) is 56.1 Å². The average molecular weight is 381 g/mol. The molecule has 2 amide bonds. The summed E-state index contributed by atoms with van der Waals surface area (Å²) in [6, 6.07) is 6.04. The standard InChI is InChI=1S/C18H27N3O4S/c1-5-15-7-6-12-21(15)18(23)17(22)19-13(2)14-8-10-16(11-9-14)26(24,25)20(3)4/h8-11,13,15H,5-7,12H2,1-4H3,(H,19,22)/t13-,15+/m1/s1. The fraction of sp³-hybridized carbons (Fsp3) is 0.556. The van der Waals surface area contributed by atoms with Crippen LogP contribution in [-0.2, 0) is 19.6 Å². The molecule has 7 nitrogen and oxygen atoms in total. The van der Waals surface area contributed by atoms with Crippen molar-refractivity contribution in [2.45, 2.75) is 50.1 Å². The number of likely N-dealkylation sites (tertiary alicyclic amines) is 1. The van der Waals surface area contributed by atoms with Crippen molar-refractivity contribution in [2.24, 2.45) is 0 Å². The first kappa shape index (κ1) is 20.4. The molecule has 0 radical (unpaired) electrons. The van der Waals surface area contributed by atoms with Gasteiger partial charge in [-0.2, -0.15) is 0 Å². The van der Waals surface area contributed by atoms with Crippen molar-refractivity contribution < 1.29 is 18.0 Å². The monoisotopic (exact) mass is 381 g/mol. The van der Waals surface area contributed by atoms with Crippen LogP contribution >= 0.6 is 0 Å². The van der Waals surface area contributed by atoms with E-state index in [-0.39, 0.29) is 10.9 Å². The number of rotatable bonds is 5. The largest absolute Gasteiger partial charge is 0.341 e. The summed E-state index contributed by atoms with van der Waals surface area (Å²) in [4.78, 5) is 26.5. The van der Waals surface area contributed by atoms with E-state index in [0.29, 0.717) is 6.54 Å². The zero-order valence-corrected chi connectivity index (χ0v) is 16.5. The number of sulfonamides is 1. The van der Waals surface area contributed by atoms with Crippen LogP contribution in [0.5, 0.6) is 0 Å². The summed E-state index contributed by atoms with van der Waals surface area (Å²) in [5.74, 6) is -1.11. The SMILES string of the molecule is CC[C@H]1CCCN1C(=O)C(=O)N[C@H](C)c1ccc(S(=O)(=O)N(C)C)cc1. The van der Waals surface area contributed by atoms with Crippen LogP contribution in [0.15, 0.2) is 29.2 Å². The van der Waals surface area contributed by atoms with Crippen molar-refractivity contribution in [3.05, 3.63) is 29.8 Å². The van der Waals surface area contributed by atoms with Gasteiger partial charge < -0.3 is 10.2 Å². The first-order valence-corrected chi connectivity index (χ1v) is 10.3. The normalized spacial score (nSPS) is 18.8. The van der Waals surface area contributed by atoms with Gasteiger partial charge in [-0.05, 0) is 43.9 Å². The smallest absolute Gasteiger partial charge is 0.312 e. The number of hydrogen-bond acceptors (Lipinski definition) is 4. The van der Waals surface area contributed by atoms with E-state index in [4.69, 9.17) is 0 Å². The van der Waals surface area contributed by atoms with E-state index in [1.54, 1.807) is 24.0 Å².